The van der Waals surface area contributed by atoms with Crippen LogP contribution in [0.4, 0.5) is 4.39 Å². The summed E-state index contributed by atoms with van der Waals surface area (Å²) in [5.41, 5.74) is -3.82. The van der Waals surface area contributed by atoms with E-state index in [1.807, 2.05) is 13.8 Å². The van der Waals surface area contributed by atoms with Crippen molar-refractivity contribution in [1.82, 2.24) is 0 Å². The van der Waals surface area contributed by atoms with Crippen LogP contribution in [-0.4, -0.2) is 69.3 Å². The van der Waals surface area contributed by atoms with Crippen LogP contribution in [0.15, 0.2) is 11.6 Å². The molecule has 0 spiro atoms. The van der Waals surface area contributed by atoms with Crippen LogP contribution in [0.25, 0.3) is 0 Å². The quantitative estimate of drug-likeness (QED) is 0.342. The van der Waals surface area contributed by atoms with E-state index in [1.54, 1.807) is 6.08 Å². The third kappa shape index (κ3) is 3.89. The summed E-state index contributed by atoms with van der Waals surface area (Å²) in [5, 5.41) is 0. The van der Waals surface area contributed by atoms with E-state index in [1.165, 1.54) is 21.1 Å². The molecule has 0 heterocycles. The van der Waals surface area contributed by atoms with Gasteiger partial charge >= 0.3 is 5.97 Å². The average molecular weight is 511 g/mol. The van der Waals surface area contributed by atoms with Crippen LogP contribution in [0.1, 0.15) is 65.7 Å². The van der Waals surface area contributed by atoms with Gasteiger partial charge in [0.25, 0.3) is 0 Å². The van der Waals surface area contributed by atoms with Crippen LogP contribution < -0.4 is 0 Å². The van der Waals surface area contributed by atoms with Crippen molar-refractivity contribution in [1.29, 1.82) is 0 Å². The summed E-state index contributed by atoms with van der Waals surface area (Å²) >= 11 is 0. The van der Waals surface area contributed by atoms with E-state index in [-0.39, 0.29) is 37.5 Å². The lowest BCUT2D eigenvalue weighted by Crippen LogP contribution is -2.70. The summed E-state index contributed by atoms with van der Waals surface area (Å²) in [6.45, 7) is 4.54. The predicted molar refractivity (Wildman–Crippen MR) is 127 cm³/mol. The molecule has 0 aliphatic heterocycles. The Balaban J connectivity index is 1.79. The third-order valence-electron chi connectivity index (χ3n) is 9.80. The Labute approximate surface area is 212 Å². The van der Waals surface area contributed by atoms with Crippen molar-refractivity contribution in [3.05, 3.63) is 11.6 Å². The number of carbonyl (C=O) groups is 3. The lowest BCUT2D eigenvalue weighted by Gasteiger charge is -2.64. The van der Waals surface area contributed by atoms with Crippen molar-refractivity contribution in [2.24, 2.45) is 22.7 Å². The molecule has 8 nitrogen and oxygen atoms in total. The number of hydrogen-bond acceptors (Lipinski definition) is 8. The molecule has 202 valence electrons. The molecule has 0 unspecified atom stereocenters. The zero-order valence-electron chi connectivity index (χ0n) is 22.0. The number of alkyl halides is 1. The van der Waals surface area contributed by atoms with Gasteiger partial charge in [-0.05, 0) is 50.5 Å². The third-order valence-corrected chi connectivity index (χ3v) is 9.80. The second-order valence-corrected chi connectivity index (χ2v) is 11.3. The minimum atomic E-state index is -1.74. The number of ketones is 2. The van der Waals surface area contributed by atoms with Crippen LogP contribution in [0.5, 0.6) is 0 Å². The fraction of sp³-hybridized carbons (Fsp3) is 0.815. The number of Topliss-reactive ketones (excluding diaryl/α,β-unsaturated/α-hetero) is 1. The number of allylic oxidation sites excluding steroid dienone is 1. The largest absolute Gasteiger partial charge is 0.458 e. The van der Waals surface area contributed by atoms with Crippen molar-refractivity contribution in [2.75, 3.05) is 34.4 Å². The van der Waals surface area contributed by atoms with Gasteiger partial charge in [-0.1, -0.05) is 19.4 Å². The summed E-state index contributed by atoms with van der Waals surface area (Å²) in [6, 6.07) is 0. The number of fused-ring (bicyclic) bond motifs is 5. The lowest BCUT2D eigenvalue weighted by atomic mass is 9.43. The number of halogens is 1. The fourth-order valence-electron chi connectivity index (χ4n) is 8.07. The molecule has 0 radical (unpaired) electrons. The van der Waals surface area contributed by atoms with Gasteiger partial charge in [-0.3, -0.25) is 14.4 Å². The highest BCUT2D eigenvalue weighted by molar-refractivity contribution is 5.92. The number of esters is 1. The van der Waals surface area contributed by atoms with E-state index < -0.39 is 46.7 Å². The minimum Gasteiger partial charge on any atom is -0.458 e. The molecule has 9 heteroatoms. The first kappa shape index (κ1) is 27.4. The number of rotatable bonds is 9. The van der Waals surface area contributed by atoms with E-state index >= 15 is 4.39 Å². The average Bonchev–Trinajstić information content (AvgIpc) is 3.13. The Morgan fingerprint density at radius 1 is 1.06 bits per heavy atom. The number of ether oxygens (including phenoxy) is 5. The zero-order valence-corrected chi connectivity index (χ0v) is 22.0. The minimum absolute atomic E-state index is 0.0449. The maximum atomic E-state index is 17.9. The number of hydrogen-bond donors (Lipinski definition) is 0. The molecule has 0 saturated heterocycles. The summed E-state index contributed by atoms with van der Waals surface area (Å²) < 4.78 is 45.6. The van der Waals surface area contributed by atoms with Gasteiger partial charge in [-0.25, -0.2) is 4.39 Å². The molecule has 4 aliphatic carbocycles. The van der Waals surface area contributed by atoms with E-state index in [0.29, 0.717) is 38.5 Å². The van der Waals surface area contributed by atoms with E-state index in [2.05, 4.69) is 0 Å². The maximum absolute atomic E-state index is 17.9. The number of methoxy groups -OCH3 is 2. The Morgan fingerprint density at radius 3 is 2.44 bits per heavy atom. The molecule has 4 aliphatic rings. The number of carbonyl (C=O) groups excluding carboxylic acids is 3. The second kappa shape index (κ2) is 9.89. The molecule has 0 amide bonds. The summed E-state index contributed by atoms with van der Waals surface area (Å²) in [6.07, 6.45) is 3.87. The SMILES string of the molecule is COCO[C@H]1C[C@@]2(C)[C@@H](CC[C@]2(OCOC)C(=O)COC(C)=O)[C@@H]2CCC3=CC(=O)CC[C@]3(C)[C@@]12F. The van der Waals surface area contributed by atoms with Crippen LogP contribution in [0.3, 0.4) is 0 Å². The molecule has 0 aromatic carbocycles. The first-order valence-electron chi connectivity index (χ1n) is 12.8. The van der Waals surface area contributed by atoms with Crippen LogP contribution in [0, 0.1) is 22.7 Å². The Bertz CT molecular complexity index is 935. The molecule has 7 atom stereocenters. The Morgan fingerprint density at radius 2 is 1.78 bits per heavy atom. The fourth-order valence-corrected chi connectivity index (χ4v) is 8.07. The topological polar surface area (TPSA) is 97.4 Å². The van der Waals surface area contributed by atoms with E-state index in [0.717, 1.165) is 5.57 Å². The molecule has 36 heavy (non-hydrogen) atoms. The standard InChI is InChI=1S/C27H39FO8/c1-17(29)34-14-22(31)26(36-16-33-5)11-9-20-21-7-6-18-12-19(30)8-10-24(18,2)27(21,28)23(35-15-32-4)13-25(20,26)3/h12,20-21,23H,6-11,13-16H2,1-5H3/t20-,21-,23-,24-,25-,26-,27-/m0/s1. The molecule has 0 aromatic heterocycles. The van der Waals surface area contributed by atoms with Gasteiger partial charge in [0.05, 0.1) is 6.10 Å². The van der Waals surface area contributed by atoms with Gasteiger partial charge in [0, 0.05) is 44.3 Å². The summed E-state index contributed by atoms with van der Waals surface area (Å²) in [7, 11) is 2.98. The van der Waals surface area contributed by atoms with E-state index in [9.17, 15) is 14.4 Å². The monoisotopic (exact) mass is 510 g/mol. The normalized spacial score (nSPS) is 41.7. The molecular weight excluding hydrogens is 471 g/mol. The smallest absolute Gasteiger partial charge is 0.303 e. The van der Waals surface area contributed by atoms with Crippen molar-refractivity contribution in [3.8, 4) is 0 Å². The van der Waals surface area contributed by atoms with Crippen LogP contribution >= 0.6 is 0 Å². The molecule has 0 aromatic rings. The highest BCUT2D eigenvalue weighted by Gasteiger charge is 2.75. The van der Waals surface area contributed by atoms with Crippen LogP contribution in [-0.2, 0) is 38.1 Å². The van der Waals surface area contributed by atoms with Gasteiger partial charge in [-0.2, -0.15) is 0 Å². The van der Waals surface area contributed by atoms with Crippen LogP contribution in [0.2, 0.25) is 0 Å². The molecule has 0 bridgehead atoms. The molecular formula is C27H39FO8. The lowest BCUT2D eigenvalue weighted by molar-refractivity contribution is -0.264. The van der Waals surface area contributed by atoms with Crippen molar-refractivity contribution in [2.45, 2.75) is 83.1 Å². The maximum Gasteiger partial charge on any atom is 0.303 e. The van der Waals surface area contributed by atoms with Gasteiger partial charge in [0.1, 0.15) is 24.9 Å². The van der Waals surface area contributed by atoms with Gasteiger partial charge in [0.15, 0.2) is 12.4 Å². The van der Waals surface area contributed by atoms with E-state index in [4.69, 9.17) is 23.7 Å². The second-order valence-electron chi connectivity index (χ2n) is 11.3. The van der Waals surface area contributed by atoms with Gasteiger partial charge in [0.2, 0.25) is 5.78 Å². The molecule has 3 saturated carbocycles. The highest BCUT2D eigenvalue weighted by Crippen LogP contribution is 2.71. The molecule has 0 N–H and O–H groups in total. The first-order chi connectivity index (χ1) is 17.0. The van der Waals surface area contributed by atoms with Crippen molar-refractivity contribution >= 4 is 17.5 Å². The summed E-state index contributed by atoms with van der Waals surface area (Å²) in [5.74, 6) is -1.42. The summed E-state index contributed by atoms with van der Waals surface area (Å²) in [4.78, 5) is 37.4. The van der Waals surface area contributed by atoms with Crippen molar-refractivity contribution < 1.29 is 42.5 Å². The highest BCUT2D eigenvalue weighted by atomic mass is 19.1. The van der Waals surface area contributed by atoms with Gasteiger partial charge < -0.3 is 23.7 Å². The van der Waals surface area contributed by atoms with Gasteiger partial charge in [-0.15, -0.1) is 0 Å². The zero-order chi connectivity index (χ0) is 26.4. The Kier molecular flexibility index (Phi) is 7.52. The predicted octanol–water partition coefficient (Wildman–Crippen LogP) is 3.70. The van der Waals surface area contributed by atoms with Crippen molar-refractivity contribution in [3.63, 3.8) is 0 Å². The first-order valence-corrected chi connectivity index (χ1v) is 12.8. The Hall–Kier alpha value is -1.68. The molecule has 4 rings (SSSR count). The molecule has 3 fully saturated rings.